The molecule has 0 atom stereocenters. The first-order valence-electron chi connectivity index (χ1n) is 9.30. The molecule has 4 aromatic rings. The highest BCUT2D eigenvalue weighted by atomic mass is 32.1. The fraction of sp³-hybridized carbons (Fsp3) is 0.0400. The summed E-state index contributed by atoms with van der Waals surface area (Å²) in [4.78, 5) is 26.4. The Kier molecular flexibility index (Phi) is 5.36. The highest BCUT2D eigenvalue weighted by molar-refractivity contribution is 7.20. The molecule has 1 heterocycles. The van der Waals surface area contributed by atoms with Gasteiger partial charge < -0.3 is 5.32 Å². The number of ketones is 1. The molecule has 0 spiro atoms. The largest absolute Gasteiger partial charge is 0.317 e. The fourth-order valence-corrected chi connectivity index (χ4v) is 4.57. The molecule has 0 bridgehead atoms. The van der Waals surface area contributed by atoms with Gasteiger partial charge in [-0.1, -0.05) is 91.0 Å². The summed E-state index contributed by atoms with van der Waals surface area (Å²) in [5, 5.41) is 3.46. The normalized spacial score (nSPS) is 10.5. The molecule has 1 N–H and O–H groups in total. The molecule has 4 rings (SSSR count). The summed E-state index contributed by atoms with van der Waals surface area (Å²) in [6, 6.07) is 29.0. The Hall–Kier alpha value is -3.50. The maximum atomic E-state index is 13.5. The molecule has 0 aliphatic carbocycles. The van der Waals surface area contributed by atoms with Crippen LogP contribution in [0.3, 0.4) is 0 Å². The van der Waals surface area contributed by atoms with E-state index in [2.05, 4.69) is 5.32 Å². The predicted molar refractivity (Wildman–Crippen MR) is 119 cm³/mol. The quantitative estimate of drug-likeness (QED) is 0.403. The second-order valence-corrected chi connectivity index (χ2v) is 7.64. The van der Waals surface area contributed by atoms with E-state index in [1.54, 1.807) is 12.1 Å². The van der Waals surface area contributed by atoms with Crippen LogP contribution in [0.2, 0.25) is 0 Å². The minimum absolute atomic E-state index is 0.105. The van der Waals surface area contributed by atoms with Crippen molar-refractivity contribution in [3.05, 3.63) is 102 Å². The zero-order valence-electron chi connectivity index (χ0n) is 15.9. The zero-order chi connectivity index (χ0) is 20.2. The van der Waals surface area contributed by atoms with Crippen molar-refractivity contribution >= 4 is 28.0 Å². The molecule has 0 aliphatic heterocycles. The minimum atomic E-state index is -0.201. The lowest BCUT2D eigenvalue weighted by molar-refractivity contribution is -0.114. The molecule has 0 unspecified atom stereocenters. The van der Waals surface area contributed by atoms with Gasteiger partial charge in [-0.3, -0.25) is 9.59 Å². The summed E-state index contributed by atoms with van der Waals surface area (Å²) in [5.74, 6) is -0.306. The highest BCUT2D eigenvalue weighted by Gasteiger charge is 2.26. The maximum Gasteiger partial charge on any atom is 0.221 e. The highest BCUT2D eigenvalue weighted by Crippen LogP contribution is 2.46. The summed E-state index contributed by atoms with van der Waals surface area (Å²) in [7, 11) is 0. The summed E-state index contributed by atoms with van der Waals surface area (Å²) in [5.41, 5.74) is 3.92. The summed E-state index contributed by atoms with van der Waals surface area (Å²) in [6.45, 7) is 1.46. The maximum absolute atomic E-state index is 13.5. The van der Waals surface area contributed by atoms with Gasteiger partial charge in [0.15, 0.2) is 5.78 Å². The summed E-state index contributed by atoms with van der Waals surface area (Å²) >= 11 is 1.43. The summed E-state index contributed by atoms with van der Waals surface area (Å²) < 4.78 is 0. The van der Waals surface area contributed by atoms with E-state index < -0.39 is 0 Å². The number of nitrogens with one attached hydrogen (secondary N) is 1. The van der Waals surface area contributed by atoms with Gasteiger partial charge in [0.2, 0.25) is 5.91 Å². The molecule has 0 aliphatic rings. The molecule has 0 radical (unpaired) electrons. The van der Waals surface area contributed by atoms with Crippen LogP contribution in [0.25, 0.3) is 21.6 Å². The van der Waals surface area contributed by atoms with Crippen LogP contribution in [0.1, 0.15) is 22.8 Å². The summed E-state index contributed by atoms with van der Waals surface area (Å²) in [6.07, 6.45) is 0. The number of hydrogen-bond acceptors (Lipinski definition) is 3. The molecular weight excluding hydrogens is 378 g/mol. The first-order valence-corrected chi connectivity index (χ1v) is 10.1. The molecular formula is C25H19NO2S. The Balaban J connectivity index is 2.02. The minimum Gasteiger partial charge on any atom is -0.317 e. The molecule has 1 aromatic heterocycles. The van der Waals surface area contributed by atoms with Gasteiger partial charge in [-0.15, -0.1) is 11.3 Å². The third-order valence-corrected chi connectivity index (χ3v) is 5.71. The first kappa shape index (κ1) is 18.8. The van der Waals surface area contributed by atoms with E-state index in [0.717, 1.165) is 21.6 Å². The second kappa shape index (κ2) is 8.25. The van der Waals surface area contributed by atoms with Crippen LogP contribution in [-0.2, 0) is 4.79 Å². The fourth-order valence-electron chi connectivity index (χ4n) is 3.30. The predicted octanol–water partition coefficient (Wildman–Crippen LogP) is 6.27. The van der Waals surface area contributed by atoms with Crippen molar-refractivity contribution in [2.24, 2.45) is 0 Å². The topological polar surface area (TPSA) is 46.2 Å². The van der Waals surface area contributed by atoms with Crippen molar-refractivity contribution in [3.8, 4) is 21.6 Å². The number of carbonyl (C=O) groups is 2. The van der Waals surface area contributed by atoms with Gasteiger partial charge in [0.25, 0.3) is 0 Å². The van der Waals surface area contributed by atoms with E-state index in [1.807, 2.05) is 78.9 Å². The van der Waals surface area contributed by atoms with Crippen molar-refractivity contribution in [1.82, 2.24) is 0 Å². The van der Waals surface area contributed by atoms with E-state index in [0.29, 0.717) is 16.1 Å². The molecule has 29 heavy (non-hydrogen) atoms. The lowest BCUT2D eigenvalue weighted by Crippen LogP contribution is -2.10. The third-order valence-electron chi connectivity index (χ3n) is 4.56. The molecule has 3 nitrogen and oxygen atoms in total. The Bertz CT molecular complexity index is 1150. The van der Waals surface area contributed by atoms with Gasteiger partial charge in [-0.05, 0) is 11.1 Å². The van der Waals surface area contributed by atoms with Crippen LogP contribution in [0, 0.1) is 0 Å². The molecule has 0 fully saturated rings. The van der Waals surface area contributed by atoms with Crippen LogP contribution < -0.4 is 5.32 Å². The van der Waals surface area contributed by atoms with Crippen LogP contribution >= 0.6 is 11.3 Å². The molecule has 3 aromatic carbocycles. The second-order valence-electron chi connectivity index (χ2n) is 6.62. The van der Waals surface area contributed by atoms with E-state index >= 15 is 0 Å². The molecule has 4 heteroatoms. The Morgan fingerprint density at radius 2 is 1.24 bits per heavy atom. The number of amides is 1. The van der Waals surface area contributed by atoms with Crippen molar-refractivity contribution in [2.45, 2.75) is 6.92 Å². The van der Waals surface area contributed by atoms with Crippen molar-refractivity contribution in [2.75, 3.05) is 5.32 Å². The van der Waals surface area contributed by atoms with E-state index in [-0.39, 0.29) is 11.7 Å². The molecule has 1 amide bonds. The van der Waals surface area contributed by atoms with Crippen molar-refractivity contribution < 1.29 is 9.59 Å². The van der Waals surface area contributed by atoms with Crippen molar-refractivity contribution in [3.63, 3.8) is 0 Å². The Morgan fingerprint density at radius 3 is 1.79 bits per heavy atom. The number of hydrogen-bond donors (Lipinski definition) is 1. The number of benzene rings is 3. The van der Waals surface area contributed by atoms with Gasteiger partial charge in [0, 0.05) is 22.9 Å². The molecule has 142 valence electrons. The molecule has 0 saturated heterocycles. The Labute approximate surface area is 173 Å². The third kappa shape index (κ3) is 3.89. The smallest absolute Gasteiger partial charge is 0.221 e. The van der Waals surface area contributed by atoms with Gasteiger partial charge in [-0.2, -0.15) is 0 Å². The SMILES string of the molecule is CC(=O)Nc1sc(-c2ccccc2)c(-c2ccccc2)c1C(=O)c1ccccc1. The number of rotatable bonds is 5. The average Bonchev–Trinajstić information content (AvgIpc) is 3.13. The lowest BCUT2D eigenvalue weighted by Gasteiger charge is -2.09. The van der Waals surface area contributed by atoms with E-state index in [9.17, 15) is 9.59 Å². The van der Waals surface area contributed by atoms with Gasteiger partial charge in [0.05, 0.1) is 5.56 Å². The van der Waals surface area contributed by atoms with Gasteiger partial charge in [-0.25, -0.2) is 0 Å². The Morgan fingerprint density at radius 1 is 0.724 bits per heavy atom. The van der Waals surface area contributed by atoms with Gasteiger partial charge in [0.1, 0.15) is 5.00 Å². The van der Waals surface area contributed by atoms with Crippen LogP contribution in [0.4, 0.5) is 5.00 Å². The number of anilines is 1. The first-order chi connectivity index (χ1) is 14.1. The van der Waals surface area contributed by atoms with E-state index in [1.165, 1.54) is 18.3 Å². The van der Waals surface area contributed by atoms with Crippen LogP contribution in [0.15, 0.2) is 91.0 Å². The lowest BCUT2D eigenvalue weighted by atomic mass is 9.93. The monoisotopic (exact) mass is 397 g/mol. The van der Waals surface area contributed by atoms with E-state index in [4.69, 9.17) is 0 Å². The van der Waals surface area contributed by atoms with Crippen LogP contribution in [-0.4, -0.2) is 11.7 Å². The average molecular weight is 397 g/mol. The number of thiophene rings is 1. The molecule has 0 saturated carbocycles. The van der Waals surface area contributed by atoms with Crippen molar-refractivity contribution in [1.29, 1.82) is 0 Å². The zero-order valence-corrected chi connectivity index (χ0v) is 16.7. The standard InChI is InChI=1S/C25H19NO2S/c1-17(27)26-25-22(23(28)19-13-7-3-8-14-19)21(18-11-5-2-6-12-18)24(29-25)20-15-9-4-10-16-20/h2-16H,1H3,(H,26,27). The van der Waals surface area contributed by atoms with Crippen LogP contribution in [0.5, 0.6) is 0 Å². The van der Waals surface area contributed by atoms with Gasteiger partial charge >= 0.3 is 0 Å². The number of carbonyl (C=O) groups excluding carboxylic acids is 2.